The molecule has 0 aromatic heterocycles. The molecule has 9 nitrogen and oxygen atoms in total. The van der Waals surface area contributed by atoms with E-state index < -0.39 is 54.8 Å². The average molecular weight is 635 g/mol. The molecule has 1 aliphatic heterocycles. The van der Waals surface area contributed by atoms with Crippen molar-refractivity contribution in [2.24, 2.45) is 50.2 Å². The molecule has 6 aliphatic rings. The Bertz CT molecular complexity index is 1210. The molecule has 1 saturated heterocycles. The Balaban J connectivity index is 1.31. The lowest BCUT2D eigenvalue weighted by Crippen LogP contribution is -2.68. The molecule has 5 aliphatic carbocycles. The van der Waals surface area contributed by atoms with Crippen LogP contribution >= 0.6 is 0 Å². The molecule has 0 bridgehead atoms. The second kappa shape index (κ2) is 10.7. The summed E-state index contributed by atoms with van der Waals surface area (Å²) in [5.74, 6) is -0.382. The van der Waals surface area contributed by atoms with E-state index in [4.69, 9.17) is 9.47 Å². The van der Waals surface area contributed by atoms with Crippen LogP contribution in [0, 0.1) is 50.2 Å². The molecule has 14 atom stereocenters. The molecular formula is C36H58O9. The summed E-state index contributed by atoms with van der Waals surface area (Å²) in [6.07, 6.45) is 1.79. The Labute approximate surface area is 268 Å². The molecule has 4 saturated carbocycles. The van der Waals surface area contributed by atoms with E-state index in [1.807, 2.05) is 0 Å². The lowest BCUT2D eigenvalue weighted by Gasteiger charge is -2.71. The summed E-state index contributed by atoms with van der Waals surface area (Å²) < 4.78 is 12.2. The van der Waals surface area contributed by atoms with E-state index in [1.54, 1.807) is 0 Å². The predicted molar refractivity (Wildman–Crippen MR) is 167 cm³/mol. The van der Waals surface area contributed by atoms with Crippen molar-refractivity contribution in [1.29, 1.82) is 0 Å². The van der Waals surface area contributed by atoms with E-state index in [9.17, 15) is 35.4 Å². The minimum atomic E-state index is -1.47. The maximum Gasteiger partial charge on any atom is 0.312 e. The van der Waals surface area contributed by atoms with Crippen LogP contribution < -0.4 is 0 Å². The van der Waals surface area contributed by atoms with Crippen LogP contribution in [-0.2, 0) is 14.3 Å². The number of hydrogen-bond acceptors (Lipinski definition) is 8. The van der Waals surface area contributed by atoms with Crippen molar-refractivity contribution in [1.82, 2.24) is 0 Å². The number of allylic oxidation sites excluding steroid dienone is 2. The molecule has 9 heteroatoms. The summed E-state index contributed by atoms with van der Waals surface area (Å²) in [6.45, 7) is 15.6. The zero-order valence-corrected chi connectivity index (χ0v) is 28.3. The van der Waals surface area contributed by atoms with Crippen molar-refractivity contribution in [3.8, 4) is 0 Å². The van der Waals surface area contributed by atoms with Crippen molar-refractivity contribution < 1.29 is 44.9 Å². The molecule has 6 N–H and O–H groups in total. The first kappa shape index (κ1) is 33.8. The van der Waals surface area contributed by atoms with Crippen LogP contribution in [-0.4, -0.2) is 86.1 Å². The van der Waals surface area contributed by atoms with Gasteiger partial charge in [0.15, 0.2) is 6.29 Å². The molecule has 0 aromatic rings. The van der Waals surface area contributed by atoms with Crippen molar-refractivity contribution in [2.75, 3.05) is 6.61 Å². The first-order chi connectivity index (χ1) is 20.8. The largest absolute Gasteiger partial charge is 0.481 e. The first-order valence-corrected chi connectivity index (χ1v) is 17.4. The zero-order valence-electron chi connectivity index (χ0n) is 28.3. The quantitative estimate of drug-likeness (QED) is 0.199. The average Bonchev–Trinajstić information content (AvgIpc) is 2.94. The van der Waals surface area contributed by atoms with E-state index in [0.29, 0.717) is 24.7 Å². The van der Waals surface area contributed by atoms with Gasteiger partial charge in [-0.2, -0.15) is 0 Å². The maximum absolute atomic E-state index is 13.0. The van der Waals surface area contributed by atoms with E-state index in [0.717, 1.165) is 44.9 Å². The van der Waals surface area contributed by atoms with Gasteiger partial charge in [-0.25, -0.2) is 0 Å². The van der Waals surface area contributed by atoms with Crippen LogP contribution in [0.2, 0.25) is 0 Å². The smallest absolute Gasteiger partial charge is 0.312 e. The molecule has 6 rings (SSSR count). The van der Waals surface area contributed by atoms with Gasteiger partial charge in [0.05, 0.1) is 18.8 Å². The van der Waals surface area contributed by atoms with Crippen molar-refractivity contribution in [3.63, 3.8) is 0 Å². The van der Waals surface area contributed by atoms with Crippen LogP contribution in [0.4, 0.5) is 0 Å². The predicted octanol–water partition coefficient (Wildman–Crippen LogP) is 4.03. The lowest BCUT2D eigenvalue weighted by molar-refractivity contribution is -0.330. The fraction of sp³-hybridized carbons (Fsp3) is 0.917. The Hall–Kier alpha value is -1.07. The minimum Gasteiger partial charge on any atom is -0.481 e. The summed E-state index contributed by atoms with van der Waals surface area (Å²) >= 11 is 0. The van der Waals surface area contributed by atoms with Crippen LogP contribution in [0.15, 0.2) is 11.6 Å². The molecular weight excluding hydrogens is 576 g/mol. The lowest BCUT2D eigenvalue weighted by atomic mass is 9.33. The molecule has 0 spiro atoms. The van der Waals surface area contributed by atoms with Crippen LogP contribution in [0.5, 0.6) is 0 Å². The summed E-state index contributed by atoms with van der Waals surface area (Å²) in [7, 11) is 0. The highest BCUT2D eigenvalue weighted by atomic mass is 16.7. The van der Waals surface area contributed by atoms with Gasteiger partial charge in [-0.05, 0) is 103 Å². The third-order valence-electron chi connectivity index (χ3n) is 15.2. The highest BCUT2D eigenvalue weighted by Crippen LogP contribution is 2.76. The van der Waals surface area contributed by atoms with Crippen molar-refractivity contribution in [2.45, 2.75) is 149 Å². The van der Waals surface area contributed by atoms with E-state index >= 15 is 0 Å². The number of aliphatic carboxylic acids is 1. The van der Waals surface area contributed by atoms with Crippen LogP contribution in [0.3, 0.4) is 0 Å². The van der Waals surface area contributed by atoms with Crippen molar-refractivity contribution >= 4 is 5.97 Å². The fourth-order valence-corrected chi connectivity index (χ4v) is 12.3. The second-order valence-corrected chi connectivity index (χ2v) is 18.0. The van der Waals surface area contributed by atoms with Gasteiger partial charge in [0.1, 0.15) is 29.8 Å². The third-order valence-corrected chi connectivity index (χ3v) is 15.2. The number of carbonyl (C=O) groups is 1. The normalized spacial score (nSPS) is 53.6. The zero-order chi connectivity index (χ0) is 33.1. The second-order valence-electron chi connectivity index (χ2n) is 18.0. The van der Waals surface area contributed by atoms with E-state index in [1.165, 1.54) is 5.57 Å². The molecule has 5 fully saturated rings. The molecule has 1 heterocycles. The summed E-state index contributed by atoms with van der Waals surface area (Å²) in [6, 6.07) is 0. The van der Waals surface area contributed by atoms with Gasteiger partial charge in [-0.15, -0.1) is 0 Å². The van der Waals surface area contributed by atoms with E-state index in [-0.39, 0.29) is 39.1 Å². The van der Waals surface area contributed by atoms with Gasteiger partial charge in [-0.3, -0.25) is 4.79 Å². The molecule has 0 amide bonds. The Morgan fingerprint density at radius 2 is 1.58 bits per heavy atom. The molecule has 0 radical (unpaired) electrons. The number of carboxylic acids is 1. The molecule has 45 heavy (non-hydrogen) atoms. The van der Waals surface area contributed by atoms with Gasteiger partial charge in [0, 0.05) is 0 Å². The third kappa shape index (κ3) is 4.54. The number of aliphatic hydroxyl groups excluding tert-OH is 5. The monoisotopic (exact) mass is 634 g/mol. The standard InChI is InChI=1S/C36H58O9/c1-31(2)14-15-36(30(42)43)20(16-31)19-8-9-23-33(5)12-11-25(45-29-28(41)27(40)26(39)21(18-37)44-29)32(3,4)22(33)10-13-34(23,6)35(19,7)17-24(36)38/h8,20-29,37-41H,9-18H2,1-7H3,(H,42,43)/t20?,21-,22?,23?,24?,25?,26-,27+,28-,29+,33?,34?,35?,36?/m1/s1. The summed E-state index contributed by atoms with van der Waals surface area (Å²) in [4.78, 5) is 13.0. The summed E-state index contributed by atoms with van der Waals surface area (Å²) in [5.41, 5.74) is -0.571. The van der Waals surface area contributed by atoms with Gasteiger partial charge < -0.3 is 40.1 Å². The number of rotatable bonds is 4. The Morgan fingerprint density at radius 1 is 0.889 bits per heavy atom. The number of fused-ring (bicyclic) bond motifs is 7. The number of aliphatic hydroxyl groups is 5. The molecule has 256 valence electrons. The van der Waals surface area contributed by atoms with Crippen LogP contribution in [0.1, 0.15) is 106 Å². The topological polar surface area (TPSA) is 157 Å². The van der Waals surface area contributed by atoms with Gasteiger partial charge in [0.25, 0.3) is 0 Å². The van der Waals surface area contributed by atoms with E-state index in [2.05, 4.69) is 54.5 Å². The Morgan fingerprint density at radius 3 is 2.22 bits per heavy atom. The number of carboxylic acid groups (broad SMARTS) is 1. The van der Waals surface area contributed by atoms with Gasteiger partial charge >= 0.3 is 5.97 Å². The Kier molecular flexibility index (Phi) is 8.05. The van der Waals surface area contributed by atoms with Crippen molar-refractivity contribution in [3.05, 3.63) is 11.6 Å². The summed E-state index contributed by atoms with van der Waals surface area (Å²) in [5, 5.41) is 63.5. The number of hydrogen-bond donors (Lipinski definition) is 6. The number of ether oxygens (including phenoxy) is 2. The maximum atomic E-state index is 13.0. The highest BCUT2D eigenvalue weighted by molar-refractivity contribution is 5.77. The van der Waals surface area contributed by atoms with Crippen LogP contribution in [0.25, 0.3) is 0 Å². The first-order valence-electron chi connectivity index (χ1n) is 17.4. The van der Waals surface area contributed by atoms with Gasteiger partial charge in [0.2, 0.25) is 0 Å². The minimum absolute atomic E-state index is 0.0210. The molecule has 9 unspecified atom stereocenters. The van der Waals surface area contributed by atoms with Gasteiger partial charge in [-0.1, -0.05) is 60.1 Å². The fourth-order valence-electron chi connectivity index (χ4n) is 12.3. The SMILES string of the molecule is CC1(C)CCC2(C(=O)O)C(O)CC3(C)C(=CCC4C5(C)CCC(O[C@@H]6O[C@H](CO)[C@@H](O)[C@H](O)[C@H]6O)C(C)(C)C5CCC43C)C2C1. The highest BCUT2D eigenvalue weighted by Gasteiger charge is 2.71. The molecule has 0 aromatic carbocycles.